The van der Waals surface area contributed by atoms with Crippen molar-refractivity contribution in [1.82, 2.24) is 29.0 Å². The molecule has 222 valence electrons. The van der Waals surface area contributed by atoms with Gasteiger partial charge in [0.05, 0.1) is 45.9 Å². The van der Waals surface area contributed by atoms with Crippen molar-refractivity contribution < 1.29 is 24.1 Å². The molecule has 0 saturated carbocycles. The molecule has 2 aliphatic heterocycles. The normalized spacial score (nSPS) is 17.1. The lowest BCUT2D eigenvalue weighted by Crippen LogP contribution is -2.37. The van der Waals surface area contributed by atoms with Gasteiger partial charge < -0.3 is 39.0 Å². The highest BCUT2D eigenvalue weighted by Crippen LogP contribution is 2.39. The summed E-state index contributed by atoms with van der Waals surface area (Å²) in [4.78, 5) is 26.9. The van der Waals surface area contributed by atoms with Crippen LogP contribution in [0.3, 0.4) is 0 Å². The minimum Gasteiger partial charge on any atom is -0.493 e. The van der Waals surface area contributed by atoms with Gasteiger partial charge in [0.1, 0.15) is 23.4 Å². The Morgan fingerprint density at radius 1 is 1.02 bits per heavy atom. The van der Waals surface area contributed by atoms with Gasteiger partial charge in [0.15, 0.2) is 17.3 Å². The van der Waals surface area contributed by atoms with Gasteiger partial charge in [-0.2, -0.15) is 4.98 Å². The number of piperidine rings is 1. The predicted octanol–water partition coefficient (Wildman–Crippen LogP) is 3.27. The number of imidazole rings is 1. The largest absolute Gasteiger partial charge is 0.493 e. The van der Waals surface area contributed by atoms with E-state index in [0.717, 1.165) is 57.4 Å². The molecular weight excluding hydrogens is 540 g/mol. The molecule has 1 aromatic carbocycles. The number of aliphatic hydroxyl groups excluding tert-OH is 1. The van der Waals surface area contributed by atoms with E-state index in [4.69, 9.17) is 24.3 Å². The fourth-order valence-electron chi connectivity index (χ4n) is 5.77. The maximum absolute atomic E-state index is 13.5. The summed E-state index contributed by atoms with van der Waals surface area (Å²) in [6.07, 6.45) is 8.43. The zero-order valence-corrected chi connectivity index (χ0v) is 24.1. The molecule has 6 rings (SSSR count). The molecule has 2 N–H and O–H groups in total. The number of rotatable bonds is 9. The average molecular weight is 577 g/mol. The van der Waals surface area contributed by atoms with E-state index in [1.54, 1.807) is 38.2 Å². The molecule has 2 saturated heterocycles. The third-order valence-corrected chi connectivity index (χ3v) is 7.98. The molecule has 13 heteroatoms. The third kappa shape index (κ3) is 5.04. The Morgan fingerprint density at radius 2 is 1.79 bits per heavy atom. The summed E-state index contributed by atoms with van der Waals surface area (Å²) >= 11 is 0. The number of amides is 1. The second kappa shape index (κ2) is 11.8. The Hall–Kier alpha value is -4.52. The number of aromatic nitrogens is 5. The minimum atomic E-state index is -0.0775. The van der Waals surface area contributed by atoms with E-state index in [1.807, 2.05) is 38.8 Å². The number of ether oxygens (including phenoxy) is 3. The predicted molar refractivity (Wildman–Crippen MR) is 157 cm³/mol. The third-order valence-electron chi connectivity index (χ3n) is 7.98. The zero-order chi connectivity index (χ0) is 29.2. The van der Waals surface area contributed by atoms with E-state index >= 15 is 0 Å². The van der Waals surface area contributed by atoms with Gasteiger partial charge in [0, 0.05) is 31.8 Å². The number of hydrogen-bond acceptors (Lipinski definition) is 10. The topological polar surface area (TPSA) is 132 Å². The quantitative estimate of drug-likeness (QED) is 0.306. The van der Waals surface area contributed by atoms with Crippen molar-refractivity contribution in [3.8, 4) is 22.9 Å². The van der Waals surface area contributed by atoms with Crippen LogP contribution in [0.25, 0.3) is 11.2 Å². The molecule has 2 aliphatic rings. The summed E-state index contributed by atoms with van der Waals surface area (Å²) in [5, 5.41) is 18.1. The van der Waals surface area contributed by atoms with Crippen LogP contribution in [0.2, 0.25) is 0 Å². The number of fused-ring (bicyclic) bond motifs is 1. The van der Waals surface area contributed by atoms with Crippen LogP contribution in [0.1, 0.15) is 42.6 Å². The van der Waals surface area contributed by atoms with Crippen LogP contribution in [0.4, 0.5) is 17.6 Å². The highest BCUT2D eigenvalue weighted by Gasteiger charge is 2.29. The maximum Gasteiger partial charge on any atom is 0.272 e. The first-order valence-electron chi connectivity index (χ1n) is 14.2. The average Bonchev–Trinajstić information content (AvgIpc) is 3.80. The van der Waals surface area contributed by atoms with E-state index in [0.29, 0.717) is 46.0 Å². The highest BCUT2D eigenvalue weighted by atomic mass is 16.5. The number of hydrogen-bond donors (Lipinski definition) is 2. The summed E-state index contributed by atoms with van der Waals surface area (Å²) in [5.41, 5.74) is 1.90. The molecule has 0 bridgehead atoms. The summed E-state index contributed by atoms with van der Waals surface area (Å²) < 4.78 is 20.0. The van der Waals surface area contributed by atoms with Crippen LogP contribution in [0.5, 0.6) is 17.2 Å². The number of aliphatic hydroxyl groups is 1. The Balaban J connectivity index is 1.38. The van der Waals surface area contributed by atoms with E-state index < -0.39 is 0 Å². The van der Waals surface area contributed by atoms with Gasteiger partial charge in [-0.25, -0.2) is 9.50 Å². The van der Waals surface area contributed by atoms with Crippen LogP contribution in [-0.2, 0) is 0 Å². The first-order valence-corrected chi connectivity index (χ1v) is 14.2. The van der Waals surface area contributed by atoms with Crippen molar-refractivity contribution in [2.24, 2.45) is 0 Å². The van der Waals surface area contributed by atoms with Crippen LogP contribution in [0, 0.1) is 0 Å². The van der Waals surface area contributed by atoms with E-state index in [-0.39, 0.29) is 18.6 Å². The Labute approximate surface area is 243 Å². The Morgan fingerprint density at radius 3 is 2.48 bits per heavy atom. The van der Waals surface area contributed by atoms with Crippen molar-refractivity contribution in [3.63, 3.8) is 0 Å². The SMILES string of the molecule is COc1cc(-n2cnc(Nc3nc(N4CCCC4CO)nn4c(C(=O)N5CCCCC5)ccc34)c2)cc(OC)c1OC. The lowest BCUT2D eigenvalue weighted by Gasteiger charge is -2.27. The molecule has 4 aromatic rings. The zero-order valence-electron chi connectivity index (χ0n) is 24.1. The fraction of sp³-hybridized carbons (Fsp3) is 0.448. The van der Waals surface area contributed by atoms with Crippen LogP contribution in [-0.4, -0.2) is 93.7 Å². The van der Waals surface area contributed by atoms with E-state index in [1.165, 1.54) is 0 Å². The number of nitrogens with one attached hydrogen (secondary N) is 1. The molecule has 0 radical (unpaired) electrons. The number of anilines is 3. The number of benzene rings is 1. The molecule has 5 heterocycles. The van der Waals surface area contributed by atoms with Gasteiger partial charge in [-0.05, 0) is 44.2 Å². The highest BCUT2D eigenvalue weighted by molar-refractivity contribution is 5.95. The number of methoxy groups -OCH3 is 3. The van der Waals surface area contributed by atoms with Crippen molar-refractivity contribution in [1.29, 1.82) is 0 Å². The first-order chi connectivity index (χ1) is 20.5. The van der Waals surface area contributed by atoms with Crippen molar-refractivity contribution in [3.05, 3.63) is 42.5 Å². The summed E-state index contributed by atoms with van der Waals surface area (Å²) in [6.45, 7) is 2.22. The number of carbonyl (C=O) groups excluding carboxylic acids is 1. The molecule has 1 atom stereocenters. The fourth-order valence-corrected chi connectivity index (χ4v) is 5.77. The first kappa shape index (κ1) is 27.6. The molecule has 0 aliphatic carbocycles. The number of nitrogens with zero attached hydrogens (tertiary/aromatic N) is 7. The van der Waals surface area contributed by atoms with Crippen LogP contribution < -0.4 is 24.4 Å². The summed E-state index contributed by atoms with van der Waals surface area (Å²) in [5.74, 6) is 3.02. The van der Waals surface area contributed by atoms with Gasteiger partial charge in [-0.3, -0.25) is 4.79 Å². The lowest BCUT2D eigenvalue weighted by molar-refractivity contribution is 0.0716. The van der Waals surface area contributed by atoms with Gasteiger partial charge in [-0.15, -0.1) is 5.10 Å². The monoisotopic (exact) mass is 576 g/mol. The van der Waals surface area contributed by atoms with Crippen molar-refractivity contribution in [2.45, 2.75) is 38.1 Å². The second-order valence-electron chi connectivity index (χ2n) is 10.5. The standard InChI is InChI=1S/C29H36N8O5/c1-40-23-14-20(15-24(41-2)26(23)42-3)35-16-25(30-18-35)31-27-21-9-10-22(28(39)34-11-5-4-6-12-34)37(21)33-29(32-27)36-13-7-8-19(36)17-38/h9-10,14-16,18-19,38H,4-8,11-13,17H2,1-3H3,(H,31,32,33). The van der Waals surface area contributed by atoms with Crippen LogP contribution in [0.15, 0.2) is 36.8 Å². The molecule has 2 fully saturated rings. The van der Waals surface area contributed by atoms with Gasteiger partial charge >= 0.3 is 0 Å². The van der Waals surface area contributed by atoms with Gasteiger partial charge in [0.25, 0.3) is 5.91 Å². The molecular formula is C29H36N8O5. The Bertz CT molecular complexity index is 1550. The van der Waals surface area contributed by atoms with Crippen molar-refractivity contribution in [2.75, 3.05) is 57.8 Å². The van der Waals surface area contributed by atoms with Gasteiger partial charge in [-0.1, -0.05) is 0 Å². The van der Waals surface area contributed by atoms with Crippen LogP contribution >= 0.6 is 0 Å². The summed E-state index contributed by atoms with van der Waals surface area (Å²) in [6, 6.07) is 7.25. The molecule has 1 unspecified atom stereocenters. The van der Waals surface area contributed by atoms with E-state index in [9.17, 15) is 9.90 Å². The maximum atomic E-state index is 13.5. The molecule has 42 heavy (non-hydrogen) atoms. The lowest BCUT2D eigenvalue weighted by atomic mass is 10.1. The second-order valence-corrected chi connectivity index (χ2v) is 10.5. The molecule has 13 nitrogen and oxygen atoms in total. The van der Waals surface area contributed by atoms with Gasteiger partial charge in [0.2, 0.25) is 11.7 Å². The molecule has 1 amide bonds. The summed E-state index contributed by atoms with van der Waals surface area (Å²) in [7, 11) is 4.71. The molecule has 0 spiro atoms. The molecule has 3 aromatic heterocycles. The Kier molecular flexibility index (Phi) is 7.74. The smallest absolute Gasteiger partial charge is 0.272 e. The minimum absolute atomic E-state index is 0.00853. The van der Waals surface area contributed by atoms with E-state index in [2.05, 4.69) is 10.3 Å². The number of likely N-dealkylation sites (tertiary alicyclic amines) is 1. The van der Waals surface area contributed by atoms with Crippen molar-refractivity contribution >= 4 is 29.0 Å². The number of carbonyl (C=O) groups is 1.